The van der Waals surface area contributed by atoms with Gasteiger partial charge in [0.1, 0.15) is 0 Å². The van der Waals surface area contributed by atoms with Crippen molar-refractivity contribution in [3.8, 4) is 11.5 Å². The number of hydrogen-bond donors (Lipinski definition) is 1. The maximum Gasteiger partial charge on any atom is 0.336 e. The first-order valence-electron chi connectivity index (χ1n) is 12.2. The van der Waals surface area contributed by atoms with Gasteiger partial charge in [-0.15, -0.1) is 0 Å². The Labute approximate surface area is 212 Å². The highest BCUT2D eigenvalue weighted by molar-refractivity contribution is 6.04. The molecule has 1 N–H and O–H groups in total. The van der Waals surface area contributed by atoms with Crippen LogP contribution in [0.1, 0.15) is 49.7 Å². The second-order valence-corrected chi connectivity index (χ2v) is 9.31. The van der Waals surface area contributed by atoms with Gasteiger partial charge in [-0.3, -0.25) is 4.79 Å². The van der Waals surface area contributed by atoms with Gasteiger partial charge in [0.2, 0.25) is 0 Å². The summed E-state index contributed by atoms with van der Waals surface area (Å²) in [5, 5.41) is 3.38. The number of carbonyl (C=O) groups excluding carboxylic acids is 2. The van der Waals surface area contributed by atoms with Gasteiger partial charge in [-0.05, 0) is 49.9 Å². The molecule has 0 radical (unpaired) electrons. The van der Waals surface area contributed by atoms with E-state index in [2.05, 4.69) is 34.5 Å². The molecule has 0 bridgehead atoms. The zero-order valence-corrected chi connectivity index (χ0v) is 21.8. The lowest BCUT2D eigenvalue weighted by molar-refractivity contribution is -0.136. The summed E-state index contributed by atoms with van der Waals surface area (Å²) < 4.78 is 16.7. The molecule has 0 aromatic heterocycles. The van der Waals surface area contributed by atoms with Crippen LogP contribution in [0.5, 0.6) is 11.5 Å². The molecule has 0 amide bonds. The van der Waals surface area contributed by atoms with E-state index in [9.17, 15) is 9.59 Å². The van der Waals surface area contributed by atoms with Crippen molar-refractivity contribution in [2.24, 2.45) is 0 Å². The fourth-order valence-electron chi connectivity index (χ4n) is 5.23. The van der Waals surface area contributed by atoms with Crippen LogP contribution in [0.25, 0.3) is 0 Å². The number of anilines is 1. The number of ketones is 1. The van der Waals surface area contributed by atoms with E-state index in [1.807, 2.05) is 46.1 Å². The third kappa shape index (κ3) is 4.57. The van der Waals surface area contributed by atoms with Gasteiger partial charge < -0.3 is 24.4 Å². The highest BCUT2D eigenvalue weighted by Crippen LogP contribution is 2.49. The van der Waals surface area contributed by atoms with Gasteiger partial charge in [0.05, 0.1) is 32.3 Å². The molecule has 2 atom stereocenters. The molecule has 190 valence electrons. The third-order valence-corrected chi connectivity index (χ3v) is 6.94. The van der Waals surface area contributed by atoms with Crippen LogP contribution in [0, 0.1) is 0 Å². The summed E-state index contributed by atoms with van der Waals surface area (Å²) in [5.74, 6) is 0.0500. The molecule has 1 aliphatic heterocycles. The number of rotatable bonds is 7. The minimum Gasteiger partial charge on any atom is -0.493 e. The van der Waals surface area contributed by atoms with Crippen molar-refractivity contribution < 1.29 is 23.8 Å². The number of nitrogens with zero attached hydrogens (tertiary/aromatic N) is 1. The van der Waals surface area contributed by atoms with Crippen LogP contribution in [0.3, 0.4) is 0 Å². The second-order valence-electron chi connectivity index (χ2n) is 9.31. The highest BCUT2D eigenvalue weighted by Gasteiger charge is 2.42. The van der Waals surface area contributed by atoms with Gasteiger partial charge in [-0.25, -0.2) is 4.79 Å². The molecule has 2 aliphatic rings. The van der Waals surface area contributed by atoms with Crippen molar-refractivity contribution in [2.75, 3.05) is 39.8 Å². The Hall–Kier alpha value is -3.74. The smallest absolute Gasteiger partial charge is 0.336 e. The molecule has 0 saturated heterocycles. The summed E-state index contributed by atoms with van der Waals surface area (Å²) in [5.41, 5.74) is 5.46. The van der Waals surface area contributed by atoms with Gasteiger partial charge in [0.15, 0.2) is 17.3 Å². The average Bonchev–Trinajstić information content (AvgIpc) is 2.87. The van der Waals surface area contributed by atoms with Crippen LogP contribution in [-0.2, 0) is 14.3 Å². The maximum absolute atomic E-state index is 13.8. The van der Waals surface area contributed by atoms with Crippen LogP contribution in [0.15, 0.2) is 65.0 Å². The first-order chi connectivity index (χ1) is 17.3. The van der Waals surface area contributed by atoms with Crippen molar-refractivity contribution in [1.29, 1.82) is 0 Å². The van der Waals surface area contributed by atoms with Gasteiger partial charge in [0.25, 0.3) is 0 Å². The molecule has 36 heavy (non-hydrogen) atoms. The first kappa shape index (κ1) is 25.4. The quantitative estimate of drug-likeness (QED) is 0.564. The van der Waals surface area contributed by atoms with Crippen molar-refractivity contribution in [3.63, 3.8) is 0 Å². The SMILES string of the molecule is CCOc1c(OC)cccc1[C@H]1C(C(=O)OC)=C(C)NC2=C1C(=O)C[C@@H](c1ccc(N(C)C)cc1)C2. The van der Waals surface area contributed by atoms with Crippen molar-refractivity contribution in [2.45, 2.75) is 38.5 Å². The molecule has 0 saturated carbocycles. The predicted octanol–water partition coefficient (Wildman–Crippen LogP) is 4.69. The van der Waals surface area contributed by atoms with Gasteiger partial charge >= 0.3 is 5.97 Å². The summed E-state index contributed by atoms with van der Waals surface area (Å²) in [6, 6.07) is 13.9. The molecular weight excluding hydrogens is 456 g/mol. The fraction of sp³-hybridized carbons (Fsp3) is 0.379. The Morgan fingerprint density at radius 2 is 1.81 bits per heavy atom. The molecule has 7 nitrogen and oxygen atoms in total. The van der Waals surface area contributed by atoms with Crippen LogP contribution in [-0.4, -0.2) is 46.7 Å². The summed E-state index contributed by atoms with van der Waals surface area (Å²) in [4.78, 5) is 28.9. The number of allylic oxidation sites excluding steroid dienone is 3. The Morgan fingerprint density at radius 1 is 1.08 bits per heavy atom. The summed E-state index contributed by atoms with van der Waals surface area (Å²) in [7, 11) is 6.94. The van der Waals surface area contributed by atoms with Crippen molar-refractivity contribution >= 4 is 17.4 Å². The number of carbonyl (C=O) groups is 2. The van der Waals surface area contributed by atoms with E-state index >= 15 is 0 Å². The minimum atomic E-state index is -0.616. The fourth-order valence-corrected chi connectivity index (χ4v) is 5.23. The largest absolute Gasteiger partial charge is 0.493 e. The molecule has 1 heterocycles. The van der Waals surface area contributed by atoms with E-state index in [0.29, 0.717) is 53.4 Å². The predicted molar refractivity (Wildman–Crippen MR) is 140 cm³/mol. The normalized spacial score (nSPS) is 19.4. The standard InChI is InChI=1S/C29H34N2O5/c1-7-36-28-21(9-8-10-24(28)34-5)26-25(29(33)35-6)17(2)30-22-15-19(16-23(32)27(22)26)18-11-13-20(14-12-18)31(3)4/h8-14,19,26,30H,7,15-16H2,1-6H3/t19-,26-/m0/s1. The van der Waals surface area contributed by atoms with Crippen LogP contribution in [0.2, 0.25) is 0 Å². The highest BCUT2D eigenvalue weighted by atomic mass is 16.5. The van der Waals surface area contributed by atoms with Crippen LogP contribution in [0.4, 0.5) is 5.69 Å². The molecule has 0 spiro atoms. The number of ether oxygens (including phenoxy) is 3. The number of dihydropyridines is 1. The Kier molecular flexibility index (Phi) is 7.38. The molecule has 2 aromatic rings. The average molecular weight is 491 g/mol. The molecular formula is C29H34N2O5. The number of para-hydroxylation sites is 1. The molecule has 0 fully saturated rings. The zero-order chi connectivity index (χ0) is 26.0. The summed E-state index contributed by atoms with van der Waals surface area (Å²) >= 11 is 0. The number of nitrogens with one attached hydrogen (secondary N) is 1. The number of benzene rings is 2. The Bertz CT molecular complexity index is 1230. The van der Waals surface area contributed by atoms with Crippen molar-refractivity contribution in [3.05, 3.63) is 76.1 Å². The van der Waals surface area contributed by atoms with E-state index in [0.717, 1.165) is 16.9 Å². The Morgan fingerprint density at radius 3 is 2.42 bits per heavy atom. The molecule has 4 rings (SSSR count). The molecule has 2 aromatic carbocycles. The van der Waals surface area contributed by atoms with Gasteiger partial charge in [-0.1, -0.05) is 24.3 Å². The van der Waals surface area contributed by atoms with Gasteiger partial charge in [-0.2, -0.15) is 0 Å². The third-order valence-electron chi connectivity index (χ3n) is 6.94. The monoisotopic (exact) mass is 490 g/mol. The van der Waals surface area contributed by atoms with E-state index in [-0.39, 0.29) is 11.7 Å². The van der Waals surface area contributed by atoms with E-state index < -0.39 is 11.9 Å². The number of Topliss-reactive ketones (excluding diaryl/α,β-unsaturated/α-hetero) is 1. The first-order valence-corrected chi connectivity index (χ1v) is 12.2. The molecule has 1 aliphatic carbocycles. The number of esters is 1. The van der Waals surface area contributed by atoms with E-state index in [1.54, 1.807) is 7.11 Å². The summed E-state index contributed by atoms with van der Waals surface area (Å²) in [6.07, 6.45) is 1.03. The number of methoxy groups -OCH3 is 2. The van der Waals surface area contributed by atoms with Crippen molar-refractivity contribution in [1.82, 2.24) is 5.32 Å². The molecule has 0 unspecified atom stereocenters. The zero-order valence-electron chi connectivity index (χ0n) is 21.8. The number of hydrogen-bond acceptors (Lipinski definition) is 7. The lowest BCUT2D eigenvalue weighted by Gasteiger charge is -2.37. The van der Waals surface area contributed by atoms with Crippen LogP contribution >= 0.6 is 0 Å². The minimum absolute atomic E-state index is 0.00890. The van der Waals surface area contributed by atoms with Gasteiger partial charge in [0, 0.05) is 48.7 Å². The van der Waals surface area contributed by atoms with E-state index in [1.165, 1.54) is 7.11 Å². The lowest BCUT2D eigenvalue weighted by atomic mass is 9.71. The van der Waals surface area contributed by atoms with E-state index in [4.69, 9.17) is 14.2 Å². The second kappa shape index (κ2) is 10.5. The summed E-state index contributed by atoms with van der Waals surface area (Å²) in [6.45, 7) is 4.16. The Balaban J connectivity index is 1.83. The topological polar surface area (TPSA) is 77.1 Å². The lowest BCUT2D eigenvalue weighted by Crippen LogP contribution is -2.36. The molecule has 7 heteroatoms. The maximum atomic E-state index is 13.8. The van der Waals surface area contributed by atoms with Crippen LogP contribution < -0.4 is 19.7 Å².